The van der Waals surface area contributed by atoms with Gasteiger partial charge in [-0.15, -0.1) is 0 Å². The minimum absolute atomic E-state index is 0.0113. The van der Waals surface area contributed by atoms with Gasteiger partial charge in [-0.25, -0.2) is 20.2 Å². The van der Waals surface area contributed by atoms with Crippen molar-refractivity contribution < 1.29 is 9.18 Å². The third-order valence-corrected chi connectivity index (χ3v) is 2.45. The monoisotopic (exact) mass is 281 g/mol. The lowest BCUT2D eigenvalue weighted by atomic mass is 10.3. The first-order chi connectivity index (χ1) is 9.10. The number of nitrogens with zero attached hydrogens (tertiary/aromatic N) is 2. The standard InChI is InChI=1S/C11H9ClFN5O/c12-6-1-2-8(7(13)3-6)17-11(19)9-4-16-10(18-14)5-15-9/h1-5H,14H2,(H,16,18)(H,17,19). The molecule has 1 aromatic carbocycles. The molecule has 1 aromatic heterocycles. The van der Waals surface area contributed by atoms with Gasteiger partial charge in [0.25, 0.3) is 5.91 Å². The molecule has 0 aliphatic carbocycles. The van der Waals surface area contributed by atoms with Crippen LogP contribution in [0, 0.1) is 5.82 Å². The first-order valence-electron chi connectivity index (χ1n) is 5.15. The number of amides is 1. The summed E-state index contributed by atoms with van der Waals surface area (Å²) >= 11 is 5.61. The van der Waals surface area contributed by atoms with E-state index in [2.05, 4.69) is 20.7 Å². The lowest BCUT2D eigenvalue weighted by Crippen LogP contribution is -2.16. The van der Waals surface area contributed by atoms with E-state index in [-0.39, 0.29) is 16.4 Å². The molecule has 2 aromatic rings. The Hall–Kier alpha value is -2.25. The molecule has 19 heavy (non-hydrogen) atoms. The Kier molecular flexibility index (Phi) is 3.88. The Morgan fingerprint density at radius 2 is 2.11 bits per heavy atom. The van der Waals surface area contributed by atoms with Crippen molar-refractivity contribution in [3.05, 3.63) is 47.1 Å². The SMILES string of the molecule is NNc1cnc(C(=O)Nc2ccc(Cl)cc2F)cn1. The number of rotatable bonds is 3. The van der Waals surface area contributed by atoms with Crippen LogP contribution in [0.5, 0.6) is 0 Å². The van der Waals surface area contributed by atoms with Crippen molar-refractivity contribution in [2.45, 2.75) is 0 Å². The van der Waals surface area contributed by atoms with Crippen molar-refractivity contribution in [1.29, 1.82) is 0 Å². The maximum absolute atomic E-state index is 13.5. The van der Waals surface area contributed by atoms with Crippen molar-refractivity contribution in [2.24, 2.45) is 5.84 Å². The fourth-order valence-corrected chi connectivity index (χ4v) is 1.46. The van der Waals surface area contributed by atoms with E-state index in [9.17, 15) is 9.18 Å². The van der Waals surface area contributed by atoms with E-state index in [0.29, 0.717) is 5.82 Å². The fraction of sp³-hybridized carbons (Fsp3) is 0. The quantitative estimate of drug-likeness (QED) is 0.589. The van der Waals surface area contributed by atoms with E-state index in [1.165, 1.54) is 24.5 Å². The third kappa shape index (κ3) is 3.15. The minimum atomic E-state index is -0.631. The molecular weight excluding hydrogens is 273 g/mol. The van der Waals surface area contributed by atoms with E-state index in [0.717, 1.165) is 6.07 Å². The number of benzene rings is 1. The van der Waals surface area contributed by atoms with E-state index >= 15 is 0 Å². The van der Waals surface area contributed by atoms with Crippen molar-refractivity contribution >= 4 is 29.0 Å². The van der Waals surface area contributed by atoms with Gasteiger partial charge in [0.15, 0.2) is 5.82 Å². The molecule has 0 bridgehead atoms. The molecule has 0 atom stereocenters. The second-order valence-corrected chi connectivity index (χ2v) is 3.95. The van der Waals surface area contributed by atoms with Gasteiger partial charge in [-0.1, -0.05) is 11.6 Å². The molecule has 0 fully saturated rings. The molecular formula is C11H9ClFN5O. The topological polar surface area (TPSA) is 92.9 Å². The van der Waals surface area contributed by atoms with Crippen LogP contribution in [0.2, 0.25) is 5.02 Å². The number of hydrogen-bond acceptors (Lipinski definition) is 5. The molecule has 4 N–H and O–H groups in total. The molecule has 0 aliphatic heterocycles. The highest BCUT2D eigenvalue weighted by Gasteiger charge is 2.11. The zero-order chi connectivity index (χ0) is 13.8. The number of nitrogens with two attached hydrogens (primary N) is 1. The molecule has 8 heteroatoms. The van der Waals surface area contributed by atoms with E-state index in [1.54, 1.807) is 0 Å². The van der Waals surface area contributed by atoms with Gasteiger partial charge in [0.1, 0.15) is 11.5 Å². The molecule has 2 rings (SSSR count). The smallest absolute Gasteiger partial charge is 0.275 e. The molecule has 1 heterocycles. The molecule has 0 saturated carbocycles. The fourth-order valence-electron chi connectivity index (χ4n) is 1.30. The van der Waals surface area contributed by atoms with Crippen LogP contribution in [0.15, 0.2) is 30.6 Å². The second kappa shape index (κ2) is 5.59. The number of hydrogen-bond donors (Lipinski definition) is 3. The molecule has 0 aliphatic rings. The van der Waals surface area contributed by atoms with Gasteiger partial charge in [0, 0.05) is 5.02 Å². The number of aromatic nitrogens is 2. The zero-order valence-electron chi connectivity index (χ0n) is 9.52. The van der Waals surface area contributed by atoms with Gasteiger partial charge in [0.05, 0.1) is 18.1 Å². The summed E-state index contributed by atoms with van der Waals surface area (Å²) < 4.78 is 13.5. The first-order valence-corrected chi connectivity index (χ1v) is 5.53. The van der Waals surface area contributed by atoms with Crippen molar-refractivity contribution in [1.82, 2.24) is 9.97 Å². The average Bonchev–Trinajstić information content (AvgIpc) is 2.42. The number of hydrazine groups is 1. The second-order valence-electron chi connectivity index (χ2n) is 3.51. The summed E-state index contributed by atoms with van der Waals surface area (Å²) in [5, 5.41) is 2.61. The molecule has 0 spiro atoms. The number of halogens is 2. The molecule has 0 unspecified atom stereocenters. The molecule has 1 amide bonds. The van der Waals surface area contributed by atoms with Crippen LogP contribution < -0.4 is 16.6 Å². The summed E-state index contributed by atoms with van der Waals surface area (Å²) in [5.74, 6) is 4.22. The van der Waals surface area contributed by atoms with Crippen LogP contribution in [0.1, 0.15) is 10.5 Å². The Morgan fingerprint density at radius 3 is 2.68 bits per heavy atom. The maximum atomic E-state index is 13.5. The number of carbonyl (C=O) groups excluding carboxylic acids is 1. The summed E-state index contributed by atoms with van der Waals surface area (Å²) in [4.78, 5) is 19.4. The predicted molar refractivity (Wildman–Crippen MR) is 69.2 cm³/mol. The lowest BCUT2D eigenvalue weighted by Gasteiger charge is -2.06. The minimum Gasteiger partial charge on any atom is -0.318 e. The van der Waals surface area contributed by atoms with Crippen LogP contribution >= 0.6 is 11.6 Å². The summed E-state index contributed by atoms with van der Waals surface area (Å²) in [7, 11) is 0. The molecule has 6 nitrogen and oxygen atoms in total. The lowest BCUT2D eigenvalue weighted by molar-refractivity contribution is 0.102. The Morgan fingerprint density at radius 1 is 1.32 bits per heavy atom. The van der Waals surface area contributed by atoms with E-state index in [4.69, 9.17) is 17.4 Å². The highest BCUT2D eigenvalue weighted by molar-refractivity contribution is 6.30. The largest absolute Gasteiger partial charge is 0.318 e. The molecule has 98 valence electrons. The zero-order valence-corrected chi connectivity index (χ0v) is 10.3. The molecule has 0 radical (unpaired) electrons. The normalized spacial score (nSPS) is 10.1. The summed E-state index contributed by atoms with van der Waals surface area (Å²) in [5.41, 5.74) is 2.32. The highest BCUT2D eigenvalue weighted by Crippen LogP contribution is 2.19. The number of nitrogen functional groups attached to an aromatic ring is 1. The Balaban J connectivity index is 2.15. The average molecular weight is 282 g/mol. The van der Waals surface area contributed by atoms with Crippen LogP contribution in [-0.4, -0.2) is 15.9 Å². The third-order valence-electron chi connectivity index (χ3n) is 2.21. The van der Waals surface area contributed by atoms with Crippen molar-refractivity contribution in [2.75, 3.05) is 10.7 Å². The van der Waals surface area contributed by atoms with Crippen molar-refractivity contribution in [3.63, 3.8) is 0 Å². The van der Waals surface area contributed by atoms with Crippen LogP contribution in [0.4, 0.5) is 15.9 Å². The van der Waals surface area contributed by atoms with Crippen LogP contribution in [-0.2, 0) is 0 Å². The van der Waals surface area contributed by atoms with Gasteiger partial charge in [-0.2, -0.15) is 0 Å². The Bertz CT molecular complexity index is 605. The van der Waals surface area contributed by atoms with E-state index < -0.39 is 11.7 Å². The van der Waals surface area contributed by atoms with Gasteiger partial charge < -0.3 is 10.7 Å². The van der Waals surface area contributed by atoms with Crippen molar-refractivity contribution in [3.8, 4) is 0 Å². The van der Waals surface area contributed by atoms with Crippen LogP contribution in [0.3, 0.4) is 0 Å². The van der Waals surface area contributed by atoms with Gasteiger partial charge in [-0.3, -0.25) is 4.79 Å². The predicted octanol–water partition coefficient (Wildman–Crippen LogP) is 1.81. The number of carbonyl (C=O) groups is 1. The van der Waals surface area contributed by atoms with Gasteiger partial charge in [0.2, 0.25) is 0 Å². The van der Waals surface area contributed by atoms with Crippen LogP contribution in [0.25, 0.3) is 0 Å². The summed E-state index contributed by atoms with van der Waals surface area (Å²) in [6.07, 6.45) is 2.51. The highest BCUT2D eigenvalue weighted by atomic mass is 35.5. The summed E-state index contributed by atoms with van der Waals surface area (Å²) in [6, 6.07) is 3.93. The summed E-state index contributed by atoms with van der Waals surface area (Å²) in [6.45, 7) is 0. The van der Waals surface area contributed by atoms with E-state index in [1.807, 2.05) is 0 Å². The first kappa shape index (κ1) is 13.2. The molecule has 0 saturated heterocycles. The van der Waals surface area contributed by atoms with Gasteiger partial charge >= 0.3 is 0 Å². The van der Waals surface area contributed by atoms with Gasteiger partial charge in [-0.05, 0) is 18.2 Å². The number of anilines is 2. The maximum Gasteiger partial charge on any atom is 0.275 e. The number of nitrogens with one attached hydrogen (secondary N) is 2. The Labute approximate surface area is 112 Å².